The fourth-order valence-electron chi connectivity index (χ4n) is 2.71. The van der Waals surface area contributed by atoms with E-state index in [1.54, 1.807) is 13.8 Å². The maximum Gasteiger partial charge on any atom is 0.613 e. The molecule has 29 heavy (non-hydrogen) atoms. The number of carbonyl (C=O) groups is 1. The highest BCUT2D eigenvalue weighted by Crippen LogP contribution is 2.39. The zero-order valence-corrected chi connectivity index (χ0v) is 18.1. The smallest absolute Gasteiger partial charge is 0.462 e. The second kappa shape index (κ2) is 9.52. The molecule has 13 heteroatoms. The van der Waals surface area contributed by atoms with Gasteiger partial charge in [0.25, 0.3) is 5.56 Å². The van der Waals surface area contributed by atoms with Crippen LogP contribution in [0.4, 0.5) is 0 Å². The number of aromatic nitrogens is 2. The predicted molar refractivity (Wildman–Crippen MR) is 104 cm³/mol. The summed E-state index contributed by atoms with van der Waals surface area (Å²) in [6, 6.07) is 0.329. The van der Waals surface area contributed by atoms with Crippen LogP contribution >= 0.6 is 20.4 Å². The van der Waals surface area contributed by atoms with Gasteiger partial charge in [0.2, 0.25) is 0 Å². The number of hydrogen-bond acceptors (Lipinski definition) is 9. The van der Waals surface area contributed by atoms with E-state index in [1.165, 1.54) is 30.7 Å². The lowest BCUT2D eigenvalue weighted by Gasteiger charge is -2.27. The van der Waals surface area contributed by atoms with Crippen LogP contribution in [0.15, 0.2) is 17.1 Å². The minimum Gasteiger partial charge on any atom is -0.462 e. The molecule has 2 rings (SSSR count). The van der Waals surface area contributed by atoms with Crippen molar-refractivity contribution in [1.29, 1.82) is 0 Å². The zero-order valence-electron chi connectivity index (χ0n) is 16.4. The molecular formula is C16H25N3O8PS+. The summed E-state index contributed by atoms with van der Waals surface area (Å²) < 4.78 is 29.2. The molecule has 0 aromatic carbocycles. The highest BCUT2D eigenvalue weighted by molar-refractivity contribution is 7.71. The Hall–Kier alpha value is -1.53. The van der Waals surface area contributed by atoms with Crippen molar-refractivity contribution in [3.8, 4) is 0 Å². The Kier molecular flexibility index (Phi) is 7.80. The summed E-state index contributed by atoms with van der Waals surface area (Å²) >= 11 is 5.07. The van der Waals surface area contributed by atoms with E-state index in [0.29, 0.717) is 0 Å². The van der Waals surface area contributed by atoms with E-state index < -0.39 is 49.8 Å². The van der Waals surface area contributed by atoms with Crippen molar-refractivity contribution >= 4 is 26.4 Å². The standard InChI is InChI=1S/C16H24N3O8PS/c1-8(2)26-13(22)9(3)18-28(24)25-7-10-12(21)16(4,23)14(27-10)19-6-5-11(20)17-15(19)29/h5-6,8-10,12,14,21,23H,7H2,1-4H3,(H-,17,18,20,24,29)/p+1. The summed E-state index contributed by atoms with van der Waals surface area (Å²) in [5.41, 5.74) is -2.18. The van der Waals surface area contributed by atoms with Crippen LogP contribution in [0.5, 0.6) is 0 Å². The molecule has 6 atom stereocenters. The van der Waals surface area contributed by atoms with Gasteiger partial charge in [0.15, 0.2) is 11.0 Å². The van der Waals surface area contributed by atoms with Crippen molar-refractivity contribution in [3.05, 3.63) is 27.4 Å². The van der Waals surface area contributed by atoms with Crippen molar-refractivity contribution in [2.45, 2.75) is 63.9 Å². The maximum absolute atomic E-state index is 12.1. The van der Waals surface area contributed by atoms with E-state index >= 15 is 0 Å². The second-order valence-corrected chi connectivity index (χ2v) is 8.52. The van der Waals surface area contributed by atoms with Crippen LogP contribution in [0.3, 0.4) is 0 Å². The van der Waals surface area contributed by atoms with Crippen molar-refractivity contribution < 1.29 is 33.6 Å². The number of aliphatic hydroxyl groups excluding tert-OH is 1. The van der Waals surface area contributed by atoms with Crippen molar-refractivity contribution in [3.63, 3.8) is 0 Å². The number of esters is 1. The Balaban J connectivity index is 2.00. The number of nitrogens with one attached hydrogen (secondary N) is 2. The minimum absolute atomic E-state index is 0.00164. The molecule has 0 aliphatic carbocycles. The molecule has 1 aromatic rings. The largest absolute Gasteiger partial charge is 0.613 e. The van der Waals surface area contributed by atoms with Crippen LogP contribution in [0, 0.1) is 4.77 Å². The second-order valence-electron chi connectivity index (χ2n) is 7.10. The molecule has 1 aliphatic heterocycles. The van der Waals surface area contributed by atoms with Crippen LogP contribution in [0.2, 0.25) is 0 Å². The molecule has 0 saturated carbocycles. The molecule has 4 N–H and O–H groups in total. The van der Waals surface area contributed by atoms with Gasteiger partial charge in [0.05, 0.1) is 6.10 Å². The third-order valence-corrected chi connectivity index (χ3v) is 5.51. The van der Waals surface area contributed by atoms with Gasteiger partial charge in [-0.2, -0.15) is 0 Å². The Morgan fingerprint density at radius 2 is 2.17 bits per heavy atom. The summed E-state index contributed by atoms with van der Waals surface area (Å²) in [5, 5.41) is 23.5. The number of carbonyl (C=O) groups excluding carboxylic acids is 1. The van der Waals surface area contributed by atoms with E-state index in [1.807, 2.05) is 0 Å². The van der Waals surface area contributed by atoms with E-state index in [2.05, 4.69) is 10.1 Å². The predicted octanol–water partition coefficient (Wildman–Crippen LogP) is 0.519. The van der Waals surface area contributed by atoms with Crippen molar-refractivity contribution in [2.24, 2.45) is 0 Å². The first kappa shape index (κ1) is 23.7. The number of aliphatic hydroxyl groups is 2. The summed E-state index contributed by atoms with van der Waals surface area (Å²) in [4.78, 5) is 25.5. The molecule has 0 amide bonds. The Morgan fingerprint density at radius 1 is 1.52 bits per heavy atom. The van der Waals surface area contributed by atoms with Crippen molar-refractivity contribution in [2.75, 3.05) is 6.61 Å². The van der Waals surface area contributed by atoms with Gasteiger partial charge in [-0.15, -0.1) is 4.52 Å². The van der Waals surface area contributed by atoms with Crippen LogP contribution in [0.1, 0.15) is 33.9 Å². The third-order valence-electron chi connectivity index (χ3n) is 4.22. The molecule has 162 valence electrons. The Morgan fingerprint density at radius 3 is 2.76 bits per heavy atom. The van der Waals surface area contributed by atoms with Crippen LogP contribution in [-0.4, -0.2) is 62.3 Å². The lowest BCUT2D eigenvalue weighted by molar-refractivity contribution is -0.149. The van der Waals surface area contributed by atoms with E-state index in [9.17, 15) is 24.4 Å². The highest BCUT2D eigenvalue weighted by Gasteiger charge is 2.54. The lowest BCUT2D eigenvalue weighted by Crippen LogP contribution is -2.44. The van der Waals surface area contributed by atoms with Gasteiger partial charge in [-0.25, -0.2) is 0 Å². The zero-order chi connectivity index (χ0) is 21.9. The van der Waals surface area contributed by atoms with E-state index in [4.69, 9.17) is 26.2 Å². The number of rotatable bonds is 8. The molecular weight excluding hydrogens is 425 g/mol. The van der Waals surface area contributed by atoms with Gasteiger partial charge in [-0.1, -0.05) is 5.09 Å². The van der Waals surface area contributed by atoms with Gasteiger partial charge in [-0.05, 0) is 44.5 Å². The number of ether oxygens (including phenoxy) is 2. The van der Waals surface area contributed by atoms with Crippen LogP contribution < -0.4 is 10.6 Å². The number of hydrogen-bond donors (Lipinski definition) is 4. The molecule has 0 radical (unpaired) electrons. The number of aromatic amines is 1. The number of H-pyrrole nitrogens is 1. The normalized spacial score (nSPS) is 28.4. The third kappa shape index (κ3) is 5.76. The average molecular weight is 450 g/mol. The van der Waals surface area contributed by atoms with Gasteiger partial charge >= 0.3 is 14.1 Å². The van der Waals surface area contributed by atoms with Gasteiger partial charge < -0.3 is 19.7 Å². The molecule has 2 heterocycles. The molecule has 1 aliphatic rings. The summed E-state index contributed by atoms with van der Waals surface area (Å²) in [6.45, 7) is 5.87. The minimum atomic E-state index is -2.47. The fourth-order valence-corrected chi connectivity index (χ4v) is 3.75. The first-order chi connectivity index (χ1) is 13.4. The highest BCUT2D eigenvalue weighted by atomic mass is 32.1. The van der Waals surface area contributed by atoms with Gasteiger partial charge in [-0.3, -0.25) is 19.1 Å². The van der Waals surface area contributed by atoms with E-state index in [0.717, 1.165) is 0 Å². The summed E-state index contributed by atoms with van der Waals surface area (Å²) in [7, 11) is -2.47. The first-order valence-corrected chi connectivity index (χ1v) is 10.5. The van der Waals surface area contributed by atoms with Crippen molar-refractivity contribution in [1.82, 2.24) is 14.6 Å². The molecule has 1 aromatic heterocycles. The molecule has 11 nitrogen and oxygen atoms in total. The van der Waals surface area contributed by atoms with E-state index in [-0.39, 0.29) is 17.5 Å². The fraction of sp³-hybridized carbons (Fsp3) is 0.688. The Bertz CT molecular complexity index is 870. The summed E-state index contributed by atoms with van der Waals surface area (Å²) in [5.74, 6) is -0.584. The maximum atomic E-state index is 12.1. The first-order valence-electron chi connectivity index (χ1n) is 8.87. The Labute approximate surface area is 172 Å². The quantitative estimate of drug-likeness (QED) is 0.250. The van der Waals surface area contributed by atoms with Crippen LogP contribution in [-0.2, 0) is 23.4 Å². The topological polar surface area (TPSA) is 152 Å². The monoisotopic (exact) mass is 450 g/mol. The summed E-state index contributed by atoms with van der Waals surface area (Å²) in [6.07, 6.45) is -2.52. The van der Waals surface area contributed by atoms with Gasteiger partial charge in [0.1, 0.15) is 30.5 Å². The average Bonchev–Trinajstić information content (AvgIpc) is 2.82. The molecule has 1 fully saturated rings. The SMILES string of the molecule is CC(C)OC(=O)C(C)N[P+](=O)OCC1OC(n2ccc(=O)[nH]c2=S)C(C)(O)C1O. The number of nitrogens with zero attached hydrogens (tertiary/aromatic N) is 1. The van der Waals surface area contributed by atoms with Gasteiger partial charge in [0, 0.05) is 12.3 Å². The lowest BCUT2D eigenvalue weighted by atomic mass is 9.96. The molecule has 1 saturated heterocycles. The molecule has 6 unspecified atom stereocenters. The molecule has 0 spiro atoms. The molecule has 0 bridgehead atoms. The van der Waals surface area contributed by atoms with Crippen LogP contribution in [0.25, 0.3) is 0 Å².